The van der Waals surface area contributed by atoms with Gasteiger partial charge in [-0.2, -0.15) is 11.8 Å². The molecule has 1 aromatic rings. The van der Waals surface area contributed by atoms with Gasteiger partial charge in [0.2, 0.25) is 0 Å². The molecule has 0 aromatic heterocycles. The second kappa shape index (κ2) is 8.34. The van der Waals surface area contributed by atoms with Gasteiger partial charge < -0.3 is 9.47 Å². The lowest BCUT2D eigenvalue weighted by molar-refractivity contribution is 0.342. The normalized spacial score (nSPS) is 10.1. The van der Waals surface area contributed by atoms with Crippen LogP contribution in [0.1, 0.15) is 19.8 Å². The molecule has 0 fully saturated rings. The Labute approximate surface area is 102 Å². The van der Waals surface area contributed by atoms with Crippen LogP contribution >= 0.6 is 11.8 Å². The largest absolute Gasteiger partial charge is 0.497 e. The summed E-state index contributed by atoms with van der Waals surface area (Å²) in [6.45, 7) is 3.00. The molecule has 0 atom stereocenters. The molecule has 0 saturated carbocycles. The van der Waals surface area contributed by atoms with Gasteiger partial charge in [0.15, 0.2) is 0 Å². The third-order valence-corrected chi connectivity index (χ3v) is 3.23. The summed E-state index contributed by atoms with van der Waals surface area (Å²) in [4.78, 5) is 0. The van der Waals surface area contributed by atoms with E-state index < -0.39 is 0 Å². The Kier molecular flexibility index (Phi) is 6.90. The van der Waals surface area contributed by atoms with Gasteiger partial charge in [0.25, 0.3) is 0 Å². The van der Waals surface area contributed by atoms with Crippen LogP contribution in [0.25, 0.3) is 0 Å². The van der Waals surface area contributed by atoms with Crippen LogP contribution in [0.5, 0.6) is 11.5 Å². The monoisotopic (exact) mass is 240 g/mol. The van der Waals surface area contributed by atoms with Crippen molar-refractivity contribution in [2.45, 2.75) is 19.8 Å². The SMILES string of the molecule is CCCCSCCOc1ccc(OC)cc1. The van der Waals surface area contributed by atoms with Crippen molar-refractivity contribution >= 4 is 11.8 Å². The van der Waals surface area contributed by atoms with E-state index in [1.54, 1.807) is 7.11 Å². The van der Waals surface area contributed by atoms with Crippen molar-refractivity contribution in [3.63, 3.8) is 0 Å². The first-order chi connectivity index (χ1) is 7.86. The lowest BCUT2D eigenvalue weighted by Crippen LogP contribution is -2.00. The van der Waals surface area contributed by atoms with Crippen LogP contribution < -0.4 is 9.47 Å². The molecule has 0 saturated heterocycles. The van der Waals surface area contributed by atoms with Crippen LogP contribution in [0.3, 0.4) is 0 Å². The van der Waals surface area contributed by atoms with Crippen molar-refractivity contribution in [1.29, 1.82) is 0 Å². The molecule has 16 heavy (non-hydrogen) atoms. The summed E-state index contributed by atoms with van der Waals surface area (Å²) in [5.74, 6) is 4.08. The number of thioether (sulfide) groups is 1. The quantitative estimate of drug-likeness (QED) is 0.647. The van der Waals surface area contributed by atoms with E-state index in [1.807, 2.05) is 36.0 Å². The fourth-order valence-electron chi connectivity index (χ4n) is 1.24. The van der Waals surface area contributed by atoms with Crippen molar-refractivity contribution < 1.29 is 9.47 Å². The summed E-state index contributed by atoms with van der Waals surface area (Å²) >= 11 is 1.96. The molecule has 2 nitrogen and oxygen atoms in total. The molecule has 0 aliphatic rings. The minimum Gasteiger partial charge on any atom is -0.497 e. The first-order valence-electron chi connectivity index (χ1n) is 5.71. The van der Waals surface area contributed by atoms with Gasteiger partial charge in [-0.05, 0) is 36.4 Å². The molecule has 0 bridgehead atoms. The van der Waals surface area contributed by atoms with Crippen molar-refractivity contribution in [3.05, 3.63) is 24.3 Å². The van der Waals surface area contributed by atoms with Gasteiger partial charge >= 0.3 is 0 Å². The number of benzene rings is 1. The third-order valence-electron chi connectivity index (χ3n) is 2.20. The number of hydrogen-bond acceptors (Lipinski definition) is 3. The molecule has 0 aliphatic heterocycles. The number of unbranched alkanes of at least 4 members (excludes halogenated alkanes) is 1. The highest BCUT2D eigenvalue weighted by Crippen LogP contribution is 2.17. The van der Waals surface area contributed by atoms with Gasteiger partial charge in [-0.3, -0.25) is 0 Å². The molecule has 0 amide bonds. The number of ether oxygens (including phenoxy) is 2. The summed E-state index contributed by atoms with van der Waals surface area (Å²) in [5.41, 5.74) is 0. The van der Waals surface area contributed by atoms with E-state index in [1.165, 1.54) is 18.6 Å². The van der Waals surface area contributed by atoms with Crippen molar-refractivity contribution in [3.8, 4) is 11.5 Å². The summed E-state index contributed by atoms with van der Waals surface area (Å²) in [5, 5.41) is 0. The summed E-state index contributed by atoms with van der Waals surface area (Å²) < 4.78 is 10.7. The maximum atomic E-state index is 5.61. The standard InChI is InChI=1S/C13H20O2S/c1-3-4-10-16-11-9-15-13-7-5-12(14-2)6-8-13/h5-8H,3-4,9-11H2,1-2H3. The first-order valence-corrected chi connectivity index (χ1v) is 6.87. The molecule has 0 heterocycles. The van der Waals surface area contributed by atoms with Crippen LogP contribution in [-0.4, -0.2) is 25.2 Å². The lowest BCUT2D eigenvalue weighted by atomic mass is 10.3. The smallest absolute Gasteiger partial charge is 0.119 e. The van der Waals surface area contributed by atoms with Gasteiger partial charge in [-0.25, -0.2) is 0 Å². The summed E-state index contributed by atoms with van der Waals surface area (Å²) in [7, 11) is 1.67. The molecule has 1 rings (SSSR count). The molecule has 0 radical (unpaired) electrons. The molecule has 0 spiro atoms. The zero-order valence-electron chi connectivity index (χ0n) is 10.1. The van der Waals surface area contributed by atoms with E-state index in [0.29, 0.717) is 0 Å². The Bertz CT molecular complexity index is 272. The van der Waals surface area contributed by atoms with E-state index >= 15 is 0 Å². The van der Waals surface area contributed by atoms with E-state index in [9.17, 15) is 0 Å². The molecule has 1 aromatic carbocycles. The van der Waals surface area contributed by atoms with Gasteiger partial charge in [-0.1, -0.05) is 13.3 Å². The Balaban J connectivity index is 2.12. The fourth-order valence-corrected chi connectivity index (χ4v) is 2.14. The highest BCUT2D eigenvalue weighted by Gasteiger charge is 1.95. The second-order valence-corrected chi connectivity index (χ2v) is 4.71. The van der Waals surface area contributed by atoms with E-state index in [-0.39, 0.29) is 0 Å². The maximum absolute atomic E-state index is 5.61. The zero-order valence-corrected chi connectivity index (χ0v) is 10.9. The van der Waals surface area contributed by atoms with Crippen molar-refractivity contribution in [2.75, 3.05) is 25.2 Å². The maximum Gasteiger partial charge on any atom is 0.119 e. The average Bonchev–Trinajstić information content (AvgIpc) is 2.34. The van der Waals surface area contributed by atoms with Gasteiger partial charge in [0, 0.05) is 5.75 Å². The second-order valence-electron chi connectivity index (χ2n) is 3.49. The lowest BCUT2D eigenvalue weighted by Gasteiger charge is -2.06. The van der Waals surface area contributed by atoms with Gasteiger partial charge in [0.05, 0.1) is 13.7 Å². The number of rotatable bonds is 8. The van der Waals surface area contributed by atoms with Crippen LogP contribution in [-0.2, 0) is 0 Å². The Morgan fingerprint density at radius 1 is 1.06 bits per heavy atom. The number of hydrogen-bond donors (Lipinski definition) is 0. The summed E-state index contributed by atoms with van der Waals surface area (Å²) in [6.07, 6.45) is 2.57. The van der Waals surface area contributed by atoms with Crippen molar-refractivity contribution in [2.24, 2.45) is 0 Å². The third kappa shape index (κ3) is 5.31. The van der Waals surface area contributed by atoms with E-state index in [4.69, 9.17) is 9.47 Å². The minimum atomic E-state index is 0.778. The molecular formula is C13H20O2S. The van der Waals surface area contributed by atoms with Crippen LogP contribution in [0.2, 0.25) is 0 Å². The Morgan fingerprint density at radius 2 is 1.75 bits per heavy atom. The number of methoxy groups -OCH3 is 1. The molecule has 3 heteroatoms. The van der Waals surface area contributed by atoms with Crippen LogP contribution in [0, 0.1) is 0 Å². The molecular weight excluding hydrogens is 220 g/mol. The van der Waals surface area contributed by atoms with Crippen LogP contribution in [0.15, 0.2) is 24.3 Å². The highest BCUT2D eigenvalue weighted by molar-refractivity contribution is 7.99. The molecule has 0 N–H and O–H groups in total. The van der Waals surface area contributed by atoms with Crippen molar-refractivity contribution in [1.82, 2.24) is 0 Å². The van der Waals surface area contributed by atoms with E-state index in [2.05, 4.69) is 6.92 Å². The Morgan fingerprint density at radius 3 is 2.38 bits per heavy atom. The van der Waals surface area contributed by atoms with Gasteiger partial charge in [-0.15, -0.1) is 0 Å². The first kappa shape index (κ1) is 13.2. The fraction of sp³-hybridized carbons (Fsp3) is 0.538. The average molecular weight is 240 g/mol. The highest BCUT2D eigenvalue weighted by atomic mass is 32.2. The molecule has 90 valence electrons. The Hall–Kier alpha value is -0.830. The minimum absolute atomic E-state index is 0.778. The van der Waals surface area contributed by atoms with Crippen LogP contribution in [0.4, 0.5) is 0 Å². The molecule has 0 unspecified atom stereocenters. The summed E-state index contributed by atoms with van der Waals surface area (Å²) in [6, 6.07) is 7.71. The predicted octanol–water partition coefficient (Wildman–Crippen LogP) is 3.61. The zero-order chi connectivity index (χ0) is 11.6. The topological polar surface area (TPSA) is 18.5 Å². The molecule has 0 aliphatic carbocycles. The van der Waals surface area contributed by atoms with E-state index in [0.717, 1.165) is 23.9 Å². The van der Waals surface area contributed by atoms with Gasteiger partial charge in [0.1, 0.15) is 11.5 Å². The predicted molar refractivity (Wildman–Crippen MR) is 70.7 cm³/mol.